The SMILES string of the molecule is Cc1cccc(-c2cc(C(C)(C)c3ccccc3)cc(-c3cccc(C)c3)c2I)c1. The van der Waals surface area contributed by atoms with Gasteiger partial charge >= 0.3 is 0 Å². The van der Waals surface area contributed by atoms with Crippen LogP contribution >= 0.6 is 22.6 Å². The van der Waals surface area contributed by atoms with E-state index in [1.165, 1.54) is 48.1 Å². The predicted molar refractivity (Wildman–Crippen MR) is 138 cm³/mol. The summed E-state index contributed by atoms with van der Waals surface area (Å²) in [5.74, 6) is 0. The van der Waals surface area contributed by atoms with Gasteiger partial charge in [0.05, 0.1) is 0 Å². The Morgan fingerprint density at radius 1 is 0.567 bits per heavy atom. The van der Waals surface area contributed by atoms with Crippen LogP contribution < -0.4 is 0 Å². The molecule has 4 aromatic carbocycles. The van der Waals surface area contributed by atoms with Crippen molar-refractivity contribution < 1.29 is 0 Å². The molecule has 4 rings (SSSR count). The summed E-state index contributed by atoms with van der Waals surface area (Å²) in [5, 5.41) is 0. The van der Waals surface area contributed by atoms with Crippen LogP contribution in [-0.4, -0.2) is 0 Å². The molecular weight excluding hydrogens is 475 g/mol. The van der Waals surface area contributed by atoms with Gasteiger partial charge in [-0.15, -0.1) is 0 Å². The molecule has 0 atom stereocenters. The lowest BCUT2D eigenvalue weighted by Gasteiger charge is -2.28. The van der Waals surface area contributed by atoms with Crippen molar-refractivity contribution in [1.82, 2.24) is 0 Å². The zero-order chi connectivity index (χ0) is 21.3. The monoisotopic (exact) mass is 502 g/mol. The third-order valence-electron chi connectivity index (χ3n) is 5.95. The van der Waals surface area contributed by atoms with Gasteiger partial charge in [-0.05, 0) is 82.0 Å². The fourth-order valence-electron chi connectivity index (χ4n) is 4.05. The van der Waals surface area contributed by atoms with E-state index < -0.39 is 0 Å². The van der Waals surface area contributed by atoms with Gasteiger partial charge < -0.3 is 0 Å². The van der Waals surface area contributed by atoms with Crippen molar-refractivity contribution in [3.63, 3.8) is 0 Å². The summed E-state index contributed by atoms with van der Waals surface area (Å²) in [6.45, 7) is 8.97. The van der Waals surface area contributed by atoms with E-state index in [4.69, 9.17) is 0 Å². The minimum absolute atomic E-state index is 0.0945. The molecule has 0 unspecified atom stereocenters. The third-order valence-corrected chi connectivity index (χ3v) is 7.11. The Morgan fingerprint density at radius 3 is 1.53 bits per heavy atom. The number of aryl methyl sites for hydroxylation is 2. The van der Waals surface area contributed by atoms with Gasteiger partial charge in [0.25, 0.3) is 0 Å². The Balaban J connectivity index is 1.99. The zero-order valence-electron chi connectivity index (χ0n) is 18.0. The topological polar surface area (TPSA) is 0 Å². The van der Waals surface area contributed by atoms with Gasteiger partial charge in [-0.25, -0.2) is 0 Å². The Hall–Kier alpha value is -2.39. The maximum atomic E-state index is 2.53. The normalized spacial score (nSPS) is 11.5. The van der Waals surface area contributed by atoms with E-state index in [1.807, 2.05) is 0 Å². The molecule has 0 bridgehead atoms. The molecule has 30 heavy (non-hydrogen) atoms. The Labute approximate surface area is 194 Å². The van der Waals surface area contributed by atoms with E-state index >= 15 is 0 Å². The summed E-state index contributed by atoms with van der Waals surface area (Å²) in [5.41, 5.74) is 10.3. The van der Waals surface area contributed by atoms with E-state index in [0.717, 1.165) is 0 Å². The van der Waals surface area contributed by atoms with E-state index in [9.17, 15) is 0 Å². The molecule has 0 nitrogen and oxygen atoms in total. The zero-order valence-corrected chi connectivity index (χ0v) is 20.2. The molecule has 1 heteroatoms. The molecule has 0 saturated heterocycles. The molecule has 0 aliphatic carbocycles. The van der Waals surface area contributed by atoms with Crippen molar-refractivity contribution in [2.45, 2.75) is 33.1 Å². The first kappa shape index (κ1) is 20.9. The van der Waals surface area contributed by atoms with E-state index in [2.05, 4.69) is 141 Å². The van der Waals surface area contributed by atoms with Gasteiger partial charge in [-0.2, -0.15) is 0 Å². The summed E-state index contributed by atoms with van der Waals surface area (Å²) in [6.07, 6.45) is 0. The maximum absolute atomic E-state index is 2.53. The summed E-state index contributed by atoms with van der Waals surface area (Å²) in [6, 6.07) is 33.3. The second-order valence-electron chi connectivity index (χ2n) is 8.62. The quantitative estimate of drug-likeness (QED) is 0.245. The number of halogens is 1. The first-order chi connectivity index (χ1) is 14.4. The van der Waals surface area contributed by atoms with E-state index in [0.29, 0.717) is 0 Å². The molecule has 0 N–H and O–H groups in total. The van der Waals surface area contributed by atoms with Crippen LogP contribution in [0.3, 0.4) is 0 Å². The highest BCUT2D eigenvalue weighted by molar-refractivity contribution is 14.1. The van der Waals surface area contributed by atoms with Crippen molar-refractivity contribution >= 4 is 22.6 Å². The Morgan fingerprint density at radius 2 is 1.07 bits per heavy atom. The molecule has 0 saturated carbocycles. The first-order valence-electron chi connectivity index (χ1n) is 10.4. The van der Waals surface area contributed by atoms with Crippen LogP contribution in [-0.2, 0) is 5.41 Å². The molecule has 4 aromatic rings. The van der Waals surface area contributed by atoms with Gasteiger partial charge in [0.15, 0.2) is 0 Å². The molecule has 150 valence electrons. The molecule has 0 aromatic heterocycles. The van der Waals surface area contributed by atoms with Gasteiger partial charge in [0.1, 0.15) is 0 Å². The van der Waals surface area contributed by atoms with Crippen molar-refractivity contribution in [3.8, 4) is 22.3 Å². The number of benzene rings is 4. The van der Waals surface area contributed by atoms with Crippen LogP contribution in [0.5, 0.6) is 0 Å². The average Bonchev–Trinajstić information content (AvgIpc) is 2.74. The van der Waals surface area contributed by atoms with Crippen molar-refractivity contribution in [2.24, 2.45) is 0 Å². The molecule has 0 spiro atoms. The Bertz CT molecular complexity index is 1120. The minimum Gasteiger partial charge on any atom is -0.0622 e. The lowest BCUT2D eigenvalue weighted by Crippen LogP contribution is -2.19. The van der Waals surface area contributed by atoms with Gasteiger partial charge in [-0.3, -0.25) is 0 Å². The highest BCUT2D eigenvalue weighted by Crippen LogP contribution is 2.41. The van der Waals surface area contributed by atoms with Crippen LogP contribution in [0.2, 0.25) is 0 Å². The van der Waals surface area contributed by atoms with Gasteiger partial charge in [0.2, 0.25) is 0 Å². The molecular formula is C29H27I. The van der Waals surface area contributed by atoms with Crippen molar-refractivity contribution in [2.75, 3.05) is 0 Å². The summed E-state index contributed by atoms with van der Waals surface area (Å²) >= 11 is 2.53. The summed E-state index contributed by atoms with van der Waals surface area (Å²) in [4.78, 5) is 0. The fourth-order valence-corrected chi connectivity index (χ4v) is 4.99. The first-order valence-corrected chi connectivity index (χ1v) is 11.5. The second kappa shape index (κ2) is 8.39. The highest BCUT2D eigenvalue weighted by Gasteiger charge is 2.25. The lowest BCUT2D eigenvalue weighted by molar-refractivity contribution is 0.641. The van der Waals surface area contributed by atoms with E-state index in [-0.39, 0.29) is 5.41 Å². The number of hydrogen-bond acceptors (Lipinski definition) is 0. The van der Waals surface area contributed by atoms with Crippen LogP contribution in [0.1, 0.15) is 36.1 Å². The van der Waals surface area contributed by atoms with Crippen molar-refractivity contribution in [3.05, 3.63) is 117 Å². The largest absolute Gasteiger partial charge is 0.0622 e. The van der Waals surface area contributed by atoms with E-state index in [1.54, 1.807) is 0 Å². The smallest absolute Gasteiger partial charge is 0.0287 e. The molecule has 0 heterocycles. The van der Waals surface area contributed by atoms with Gasteiger partial charge in [0, 0.05) is 8.99 Å². The standard InChI is InChI=1S/C29H27I/c1-20-10-8-12-22(16-20)26-18-25(29(3,4)24-14-6-5-7-15-24)19-27(28(26)30)23-13-9-11-21(2)17-23/h5-19H,1-4H3. The van der Waals surface area contributed by atoms with Crippen LogP contribution in [0.4, 0.5) is 0 Å². The summed E-state index contributed by atoms with van der Waals surface area (Å²) < 4.78 is 1.30. The fraction of sp³-hybridized carbons (Fsp3) is 0.172. The van der Waals surface area contributed by atoms with Gasteiger partial charge in [-0.1, -0.05) is 104 Å². The second-order valence-corrected chi connectivity index (χ2v) is 9.69. The van der Waals surface area contributed by atoms with Crippen LogP contribution in [0.25, 0.3) is 22.3 Å². The maximum Gasteiger partial charge on any atom is 0.0287 e. The number of hydrogen-bond donors (Lipinski definition) is 0. The molecule has 0 amide bonds. The van der Waals surface area contributed by atoms with Crippen molar-refractivity contribution in [1.29, 1.82) is 0 Å². The lowest BCUT2D eigenvalue weighted by atomic mass is 9.76. The molecule has 0 fully saturated rings. The number of rotatable bonds is 4. The average molecular weight is 502 g/mol. The Kier molecular flexibility index (Phi) is 5.84. The third kappa shape index (κ3) is 4.09. The minimum atomic E-state index is -0.0945. The summed E-state index contributed by atoms with van der Waals surface area (Å²) in [7, 11) is 0. The van der Waals surface area contributed by atoms with Crippen LogP contribution in [0.15, 0.2) is 91.0 Å². The highest BCUT2D eigenvalue weighted by atomic mass is 127. The van der Waals surface area contributed by atoms with Crippen LogP contribution in [0, 0.1) is 17.4 Å². The molecule has 0 radical (unpaired) electrons. The predicted octanol–water partition coefficient (Wildman–Crippen LogP) is 8.57. The molecule has 0 aliphatic rings. The molecule has 0 aliphatic heterocycles.